The maximum Gasteiger partial charge on any atom is 0.287 e. The van der Waals surface area contributed by atoms with Crippen LogP contribution in [0.5, 0.6) is 5.75 Å². The first-order valence-electron chi connectivity index (χ1n) is 9.76. The second-order valence-electron chi connectivity index (χ2n) is 6.84. The predicted octanol–water partition coefficient (Wildman–Crippen LogP) is 4.74. The molecule has 3 aromatic rings. The molecule has 3 aromatic carbocycles. The molecule has 0 saturated carbocycles. The zero-order valence-electron chi connectivity index (χ0n) is 16.6. The Morgan fingerprint density at radius 1 is 0.966 bits per heavy atom. The number of ether oxygens (including phenoxy) is 1. The number of anilines is 1. The molecule has 0 aromatic heterocycles. The molecule has 4 nitrogen and oxygen atoms in total. The van der Waals surface area contributed by atoms with Crippen molar-refractivity contribution in [3.8, 4) is 5.75 Å². The average Bonchev–Trinajstić information content (AvgIpc) is 2.74. The molecule has 3 rings (SSSR count). The molecule has 0 saturated heterocycles. The fraction of sp³-hybridized carbons (Fsp3) is 0.208. The highest BCUT2D eigenvalue weighted by Crippen LogP contribution is 2.25. The third-order valence-electron chi connectivity index (χ3n) is 4.76. The van der Waals surface area contributed by atoms with Gasteiger partial charge in [-0.2, -0.15) is 0 Å². The average molecular weight is 410 g/mol. The van der Waals surface area contributed by atoms with E-state index in [1.165, 1.54) is 0 Å². The molecule has 0 aliphatic heterocycles. The molecule has 150 valence electrons. The topological polar surface area (TPSA) is 54.9 Å². The largest absolute Gasteiger partial charge is 0.492 e. The van der Waals surface area contributed by atoms with E-state index in [9.17, 15) is 4.79 Å². The Bertz CT molecular complexity index is 929. The van der Waals surface area contributed by atoms with E-state index in [4.69, 9.17) is 16.3 Å². The lowest BCUT2D eigenvalue weighted by Gasteiger charge is -2.21. The van der Waals surface area contributed by atoms with Gasteiger partial charge in [0.15, 0.2) is 6.04 Å². The van der Waals surface area contributed by atoms with Crippen LogP contribution in [0.4, 0.5) is 5.69 Å². The fourth-order valence-corrected chi connectivity index (χ4v) is 3.36. The van der Waals surface area contributed by atoms with Crippen molar-refractivity contribution in [1.82, 2.24) is 0 Å². The number of quaternary nitrogens is 1. The number of para-hydroxylation sites is 2. The third kappa shape index (κ3) is 5.59. The van der Waals surface area contributed by atoms with Gasteiger partial charge in [0.2, 0.25) is 0 Å². The highest BCUT2D eigenvalue weighted by Gasteiger charge is 2.27. The smallest absolute Gasteiger partial charge is 0.287 e. The lowest BCUT2D eigenvalue weighted by atomic mass is 10.0. The number of hydrogen-bond donors (Lipinski definition) is 2. The molecule has 0 fully saturated rings. The van der Waals surface area contributed by atoms with Gasteiger partial charge in [0.1, 0.15) is 11.8 Å². The zero-order valence-corrected chi connectivity index (χ0v) is 17.4. The van der Waals surface area contributed by atoms with E-state index in [0.29, 0.717) is 23.1 Å². The second-order valence-corrected chi connectivity index (χ2v) is 7.28. The zero-order chi connectivity index (χ0) is 20.6. The maximum atomic E-state index is 13.3. The maximum absolute atomic E-state index is 13.3. The summed E-state index contributed by atoms with van der Waals surface area (Å²) in [6.45, 7) is 4.54. The van der Waals surface area contributed by atoms with E-state index in [1.54, 1.807) is 0 Å². The van der Waals surface area contributed by atoms with Crippen LogP contribution in [0.2, 0.25) is 5.02 Å². The number of carbonyl (C=O) groups is 1. The highest BCUT2D eigenvalue weighted by molar-refractivity contribution is 6.30. The summed E-state index contributed by atoms with van der Waals surface area (Å²) in [4.78, 5) is 13.3. The van der Waals surface area contributed by atoms with Crippen molar-refractivity contribution in [2.24, 2.45) is 0 Å². The van der Waals surface area contributed by atoms with Gasteiger partial charge in [-0.25, -0.2) is 0 Å². The molecule has 0 aliphatic rings. The van der Waals surface area contributed by atoms with E-state index in [1.807, 2.05) is 85.8 Å². The van der Waals surface area contributed by atoms with Crippen LogP contribution in [0.3, 0.4) is 0 Å². The Morgan fingerprint density at radius 3 is 2.31 bits per heavy atom. The summed E-state index contributed by atoms with van der Waals surface area (Å²) >= 11 is 6.01. The monoisotopic (exact) mass is 409 g/mol. The minimum atomic E-state index is -0.406. The molecule has 0 spiro atoms. The SMILES string of the molecule is CCOc1ccccc1NC(=O)[C@H]([NH2+][C@@H](C)c1ccc(Cl)cc1)c1ccccc1. The highest BCUT2D eigenvalue weighted by atomic mass is 35.5. The van der Waals surface area contributed by atoms with Gasteiger partial charge in [-0.3, -0.25) is 4.79 Å². The number of amides is 1. The number of carbonyl (C=O) groups excluding carboxylic acids is 1. The molecule has 3 N–H and O–H groups in total. The molecule has 0 radical (unpaired) electrons. The van der Waals surface area contributed by atoms with Crippen LogP contribution in [0, 0.1) is 0 Å². The Kier molecular flexibility index (Phi) is 7.28. The van der Waals surface area contributed by atoms with Gasteiger partial charge in [0.05, 0.1) is 12.3 Å². The summed E-state index contributed by atoms with van der Waals surface area (Å²) in [6.07, 6.45) is 0. The van der Waals surface area contributed by atoms with Crippen LogP contribution in [-0.2, 0) is 4.79 Å². The van der Waals surface area contributed by atoms with E-state index < -0.39 is 6.04 Å². The number of benzene rings is 3. The van der Waals surface area contributed by atoms with Crippen LogP contribution in [0.25, 0.3) is 0 Å². The molecule has 0 bridgehead atoms. The Balaban J connectivity index is 1.84. The first-order chi connectivity index (χ1) is 14.1. The number of hydrogen-bond acceptors (Lipinski definition) is 2. The Morgan fingerprint density at radius 2 is 1.62 bits per heavy atom. The van der Waals surface area contributed by atoms with E-state index >= 15 is 0 Å². The number of rotatable bonds is 8. The molecule has 2 atom stereocenters. The van der Waals surface area contributed by atoms with Gasteiger partial charge in [-0.15, -0.1) is 0 Å². The van der Waals surface area contributed by atoms with E-state index in [2.05, 4.69) is 17.6 Å². The summed E-state index contributed by atoms with van der Waals surface area (Å²) in [6, 6.07) is 24.7. The fourth-order valence-electron chi connectivity index (χ4n) is 3.24. The van der Waals surface area contributed by atoms with Gasteiger partial charge >= 0.3 is 0 Å². The Hall–Kier alpha value is -2.82. The predicted molar refractivity (Wildman–Crippen MR) is 117 cm³/mol. The molecule has 0 heterocycles. The van der Waals surface area contributed by atoms with E-state index in [-0.39, 0.29) is 11.9 Å². The summed E-state index contributed by atoms with van der Waals surface area (Å²) in [5.41, 5.74) is 2.73. The van der Waals surface area contributed by atoms with Crippen molar-refractivity contribution in [1.29, 1.82) is 0 Å². The van der Waals surface area contributed by atoms with Crippen molar-refractivity contribution >= 4 is 23.2 Å². The van der Waals surface area contributed by atoms with Crippen molar-refractivity contribution in [3.05, 3.63) is 95.0 Å². The van der Waals surface area contributed by atoms with Gasteiger partial charge in [0, 0.05) is 16.1 Å². The van der Waals surface area contributed by atoms with Crippen molar-refractivity contribution in [2.45, 2.75) is 25.9 Å². The first-order valence-corrected chi connectivity index (χ1v) is 10.1. The standard InChI is InChI=1S/C24H25ClN2O2/c1-3-29-22-12-8-7-11-21(22)27-24(28)23(19-9-5-4-6-10-19)26-17(2)18-13-15-20(25)16-14-18/h4-17,23,26H,3H2,1-2H3,(H,27,28)/p+1/t17-,23+/m0/s1. The lowest BCUT2D eigenvalue weighted by molar-refractivity contribution is -0.718. The van der Waals surface area contributed by atoms with Crippen LogP contribution >= 0.6 is 11.6 Å². The molecule has 5 heteroatoms. The second kappa shape index (κ2) is 10.1. The minimum Gasteiger partial charge on any atom is -0.492 e. The third-order valence-corrected chi connectivity index (χ3v) is 5.01. The van der Waals surface area contributed by atoms with Crippen LogP contribution in [0.15, 0.2) is 78.9 Å². The molecule has 1 amide bonds. The van der Waals surface area contributed by atoms with Gasteiger partial charge in [0.25, 0.3) is 5.91 Å². The Labute approximate surface area is 176 Å². The van der Waals surface area contributed by atoms with Crippen molar-refractivity contribution in [3.63, 3.8) is 0 Å². The van der Waals surface area contributed by atoms with Crippen LogP contribution < -0.4 is 15.4 Å². The van der Waals surface area contributed by atoms with Crippen molar-refractivity contribution < 1.29 is 14.8 Å². The number of nitrogens with two attached hydrogens (primary N) is 1. The van der Waals surface area contributed by atoms with Gasteiger partial charge in [-0.05, 0) is 38.1 Å². The molecule has 0 unspecified atom stereocenters. The normalized spacial score (nSPS) is 12.8. The summed E-state index contributed by atoms with van der Waals surface area (Å²) < 4.78 is 5.65. The van der Waals surface area contributed by atoms with Gasteiger partial charge in [-0.1, -0.05) is 66.2 Å². The van der Waals surface area contributed by atoms with Crippen LogP contribution in [0.1, 0.15) is 37.1 Å². The number of nitrogens with one attached hydrogen (secondary N) is 1. The molecular formula is C24H26ClN2O2+. The molecule has 29 heavy (non-hydrogen) atoms. The lowest BCUT2D eigenvalue weighted by Crippen LogP contribution is -2.87. The van der Waals surface area contributed by atoms with Crippen LogP contribution in [-0.4, -0.2) is 12.5 Å². The first kappa shape index (κ1) is 20.9. The summed E-state index contributed by atoms with van der Waals surface area (Å²) in [5.74, 6) is 0.574. The van der Waals surface area contributed by atoms with Crippen molar-refractivity contribution in [2.75, 3.05) is 11.9 Å². The summed E-state index contributed by atoms with van der Waals surface area (Å²) in [5, 5.41) is 5.81. The van der Waals surface area contributed by atoms with Gasteiger partial charge < -0.3 is 15.4 Å². The minimum absolute atomic E-state index is 0.0744. The quantitative estimate of drug-likeness (QED) is 0.564. The number of halogens is 1. The summed E-state index contributed by atoms with van der Waals surface area (Å²) in [7, 11) is 0. The molecular weight excluding hydrogens is 384 g/mol. The molecule has 0 aliphatic carbocycles. The van der Waals surface area contributed by atoms with E-state index in [0.717, 1.165) is 11.1 Å².